The average Bonchev–Trinajstić information content (AvgIpc) is 3.03. The third kappa shape index (κ3) is 4.68. The second-order valence-corrected chi connectivity index (χ2v) is 7.24. The first-order valence-electron chi connectivity index (χ1n) is 7.27. The van der Waals surface area contributed by atoms with Crippen LogP contribution in [0.5, 0.6) is 0 Å². The molecule has 124 valence electrons. The van der Waals surface area contributed by atoms with Gasteiger partial charge in [-0.2, -0.15) is 5.26 Å². The van der Waals surface area contributed by atoms with Gasteiger partial charge in [-0.3, -0.25) is 9.10 Å². The lowest BCUT2D eigenvalue weighted by Gasteiger charge is -2.23. The largest absolute Gasteiger partial charge is 0.376 e. The molecule has 0 radical (unpaired) electrons. The molecule has 0 spiro atoms. The zero-order valence-corrected chi connectivity index (χ0v) is 13.7. The molecule has 1 amide bonds. The molecule has 1 heterocycles. The number of nitriles is 1. The van der Waals surface area contributed by atoms with Gasteiger partial charge < -0.3 is 10.1 Å². The third-order valence-corrected chi connectivity index (χ3v) is 4.66. The summed E-state index contributed by atoms with van der Waals surface area (Å²) in [7, 11) is -3.69. The van der Waals surface area contributed by atoms with Gasteiger partial charge in [0.05, 0.1) is 23.6 Å². The standard InChI is InChI=1S/C15H19N3O4S/c1-23(20,21)18(14-7-3-2-5-12(14)9-16)11-15(19)17-10-13-6-4-8-22-13/h2-3,5,7,13H,4,6,8,10-11H2,1H3,(H,17,19). The van der Waals surface area contributed by atoms with E-state index >= 15 is 0 Å². The van der Waals surface area contributed by atoms with Crippen molar-refractivity contribution in [1.29, 1.82) is 5.26 Å². The van der Waals surface area contributed by atoms with E-state index in [-0.39, 0.29) is 23.9 Å². The van der Waals surface area contributed by atoms with Crippen LogP contribution in [0.4, 0.5) is 5.69 Å². The highest BCUT2D eigenvalue weighted by atomic mass is 32.2. The number of amides is 1. The molecule has 23 heavy (non-hydrogen) atoms. The van der Waals surface area contributed by atoms with E-state index in [0.29, 0.717) is 13.2 Å². The van der Waals surface area contributed by atoms with Crippen LogP contribution < -0.4 is 9.62 Å². The lowest BCUT2D eigenvalue weighted by molar-refractivity contribution is -0.120. The van der Waals surface area contributed by atoms with Gasteiger partial charge in [-0.05, 0) is 25.0 Å². The van der Waals surface area contributed by atoms with Crippen LogP contribution in [0.1, 0.15) is 18.4 Å². The van der Waals surface area contributed by atoms with Crippen molar-refractivity contribution in [1.82, 2.24) is 5.32 Å². The minimum absolute atomic E-state index is 0.0166. The topological polar surface area (TPSA) is 99.5 Å². The zero-order chi connectivity index (χ0) is 16.9. The molecule has 1 unspecified atom stereocenters. The number of ether oxygens (including phenoxy) is 1. The first kappa shape index (κ1) is 17.2. The smallest absolute Gasteiger partial charge is 0.240 e. The van der Waals surface area contributed by atoms with E-state index in [1.807, 2.05) is 6.07 Å². The molecular formula is C15H19N3O4S. The van der Waals surface area contributed by atoms with E-state index in [0.717, 1.165) is 23.4 Å². The summed E-state index contributed by atoms with van der Waals surface area (Å²) >= 11 is 0. The minimum Gasteiger partial charge on any atom is -0.376 e. The summed E-state index contributed by atoms with van der Waals surface area (Å²) in [6.45, 7) is 0.673. The molecule has 0 saturated carbocycles. The molecule has 1 aliphatic rings. The van der Waals surface area contributed by atoms with E-state index in [2.05, 4.69) is 5.32 Å². The quantitative estimate of drug-likeness (QED) is 0.820. The van der Waals surface area contributed by atoms with Gasteiger partial charge in [-0.25, -0.2) is 8.42 Å². The van der Waals surface area contributed by atoms with Crippen LogP contribution in [0, 0.1) is 11.3 Å². The number of carbonyl (C=O) groups excluding carboxylic acids is 1. The molecule has 1 N–H and O–H groups in total. The van der Waals surface area contributed by atoms with Crippen molar-refractivity contribution in [3.8, 4) is 6.07 Å². The molecule has 0 bridgehead atoms. The lowest BCUT2D eigenvalue weighted by Crippen LogP contribution is -2.42. The Morgan fingerprint density at radius 2 is 2.22 bits per heavy atom. The molecule has 1 atom stereocenters. The summed E-state index contributed by atoms with van der Waals surface area (Å²) in [6, 6.07) is 8.22. The number of carbonyl (C=O) groups is 1. The summed E-state index contributed by atoms with van der Waals surface area (Å²) in [5.74, 6) is -0.432. The van der Waals surface area contributed by atoms with Crippen LogP contribution in [0.2, 0.25) is 0 Å². The molecular weight excluding hydrogens is 318 g/mol. The Bertz CT molecular complexity index is 706. The zero-order valence-electron chi connectivity index (χ0n) is 12.9. The van der Waals surface area contributed by atoms with Gasteiger partial charge in [0.15, 0.2) is 0 Å². The molecule has 0 aromatic heterocycles. The van der Waals surface area contributed by atoms with E-state index in [9.17, 15) is 13.2 Å². The number of hydrogen-bond donors (Lipinski definition) is 1. The normalized spacial score (nSPS) is 17.5. The maximum atomic E-state index is 12.1. The summed E-state index contributed by atoms with van der Waals surface area (Å²) in [5.41, 5.74) is 0.398. The molecule has 1 fully saturated rings. The third-order valence-electron chi connectivity index (χ3n) is 3.53. The highest BCUT2D eigenvalue weighted by molar-refractivity contribution is 7.92. The Morgan fingerprint density at radius 1 is 1.48 bits per heavy atom. The first-order chi connectivity index (χ1) is 10.9. The number of nitrogens with one attached hydrogen (secondary N) is 1. The highest BCUT2D eigenvalue weighted by Crippen LogP contribution is 2.21. The van der Waals surface area contributed by atoms with Crippen LogP contribution in [-0.2, 0) is 19.6 Å². The number of para-hydroxylation sites is 1. The van der Waals surface area contributed by atoms with Crippen LogP contribution >= 0.6 is 0 Å². The molecule has 8 heteroatoms. The Hall–Kier alpha value is -2.11. The number of rotatable bonds is 6. The van der Waals surface area contributed by atoms with Gasteiger partial charge in [0.2, 0.25) is 15.9 Å². The summed E-state index contributed by atoms with van der Waals surface area (Å²) in [6.07, 6.45) is 2.84. The van der Waals surface area contributed by atoms with Crippen molar-refractivity contribution < 1.29 is 17.9 Å². The average molecular weight is 337 g/mol. The van der Waals surface area contributed by atoms with Gasteiger partial charge >= 0.3 is 0 Å². The van der Waals surface area contributed by atoms with E-state index in [1.165, 1.54) is 12.1 Å². The monoisotopic (exact) mass is 337 g/mol. The Labute approximate surface area is 135 Å². The fraction of sp³-hybridized carbons (Fsp3) is 0.467. The number of nitrogens with zero attached hydrogens (tertiary/aromatic N) is 2. The minimum atomic E-state index is -3.69. The Kier molecular flexibility index (Phi) is 5.58. The molecule has 1 aromatic rings. The fourth-order valence-corrected chi connectivity index (χ4v) is 3.25. The molecule has 1 aliphatic heterocycles. The first-order valence-corrected chi connectivity index (χ1v) is 9.12. The summed E-state index contributed by atoms with van der Waals surface area (Å²) in [5, 5.41) is 11.8. The van der Waals surface area contributed by atoms with E-state index in [4.69, 9.17) is 10.00 Å². The maximum Gasteiger partial charge on any atom is 0.240 e. The predicted molar refractivity (Wildman–Crippen MR) is 85.3 cm³/mol. The second kappa shape index (κ2) is 7.44. The molecule has 1 saturated heterocycles. The number of sulfonamides is 1. The number of anilines is 1. The number of hydrogen-bond acceptors (Lipinski definition) is 5. The van der Waals surface area contributed by atoms with Crippen molar-refractivity contribution in [2.24, 2.45) is 0 Å². The molecule has 0 aliphatic carbocycles. The number of benzene rings is 1. The maximum absolute atomic E-state index is 12.1. The van der Waals surface area contributed by atoms with Crippen molar-refractivity contribution in [3.63, 3.8) is 0 Å². The molecule has 1 aromatic carbocycles. The van der Waals surface area contributed by atoms with Crippen molar-refractivity contribution in [2.75, 3.05) is 30.3 Å². The predicted octanol–water partition coefficient (Wildman–Crippen LogP) is 0.619. The SMILES string of the molecule is CS(=O)(=O)N(CC(=O)NCC1CCCO1)c1ccccc1C#N. The van der Waals surface area contributed by atoms with Crippen molar-refractivity contribution in [3.05, 3.63) is 29.8 Å². The Balaban J connectivity index is 2.10. The van der Waals surface area contributed by atoms with Crippen LogP contribution in [-0.4, -0.2) is 46.4 Å². The molecule has 2 rings (SSSR count). The second-order valence-electron chi connectivity index (χ2n) is 5.34. The Morgan fingerprint density at radius 3 is 2.83 bits per heavy atom. The van der Waals surface area contributed by atoms with Crippen LogP contribution in [0.25, 0.3) is 0 Å². The lowest BCUT2D eigenvalue weighted by atomic mass is 10.2. The van der Waals surface area contributed by atoms with E-state index in [1.54, 1.807) is 12.1 Å². The van der Waals surface area contributed by atoms with Crippen LogP contribution in [0.3, 0.4) is 0 Å². The fourth-order valence-electron chi connectivity index (χ4n) is 2.39. The van der Waals surface area contributed by atoms with Crippen molar-refractivity contribution >= 4 is 21.6 Å². The summed E-state index contributed by atoms with van der Waals surface area (Å²) < 4.78 is 30.4. The van der Waals surface area contributed by atoms with Gasteiger partial charge in [0, 0.05) is 13.2 Å². The summed E-state index contributed by atoms with van der Waals surface area (Å²) in [4.78, 5) is 12.1. The molecule has 7 nitrogen and oxygen atoms in total. The van der Waals surface area contributed by atoms with Gasteiger partial charge in [0.25, 0.3) is 0 Å². The van der Waals surface area contributed by atoms with Gasteiger partial charge in [0.1, 0.15) is 12.6 Å². The van der Waals surface area contributed by atoms with Crippen LogP contribution in [0.15, 0.2) is 24.3 Å². The van der Waals surface area contributed by atoms with Crippen molar-refractivity contribution in [2.45, 2.75) is 18.9 Å². The van der Waals surface area contributed by atoms with Gasteiger partial charge in [-0.15, -0.1) is 0 Å². The van der Waals surface area contributed by atoms with E-state index < -0.39 is 15.9 Å². The highest BCUT2D eigenvalue weighted by Gasteiger charge is 2.24. The van der Waals surface area contributed by atoms with Gasteiger partial charge in [-0.1, -0.05) is 12.1 Å².